The van der Waals surface area contributed by atoms with E-state index in [0.717, 1.165) is 11.1 Å². The number of hydrogen-bond donors (Lipinski definition) is 2. The van der Waals surface area contributed by atoms with Crippen molar-refractivity contribution >= 4 is 11.6 Å². The van der Waals surface area contributed by atoms with Crippen LogP contribution in [-0.2, 0) is 19.7 Å². The zero-order valence-corrected chi connectivity index (χ0v) is 11.0. The number of nitrogens with two attached hydrogens (primary N) is 1. The maximum absolute atomic E-state index is 12.4. The maximum Gasteiger partial charge on any atom is 0.254 e. The summed E-state index contributed by atoms with van der Waals surface area (Å²) in [5, 5.41) is 9.24. The number of carbonyl (C=O) groups excluding carboxylic acids is 1. The standard InChI is InChI=1S/C16H16N2O2/c17-15-7-14-12(6-13(15)10-19)9-18(16(14)20)8-11-4-2-1-3-5-11/h1-7,19H,8-10,17H2. The molecule has 0 radical (unpaired) electrons. The molecule has 0 atom stereocenters. The smallest absolute Gasteiger partial charge is 0.254 e. The monoisotopic (exact) mass is 268 g/mol. The highest BCUT2D eigenvalue weighted by atomic mass is 16.3. The normalized spacial score (nSPS) is 13.7. The predicted molar refractivity (Wildman–Crippen MR) is 76.8 cm³/mol. The Balaban J connectivity index is 1.87. The maximum atomic E-state index is 12.4. The van der Waals surface area contributed by atoms with Crippen LogP contribution in [0.25, 0.3) is 0 Å². The molecule has 1 amide bonds. The summed E-state index contributed by atoms with van der Waals surface area (Å²) in [7, 11) is 0. The van der Waals surface area contributed by atoms with Gasteiger partial charge in [0.2, 0.25) is 0 Å². The fourth-order valence-corrected chi connectivity index (χ4v) is 2.56. The van der Waals surface area contributed by atoms with Gasteiger partial charge in [-0.2, -0.15) is 0 Å². The summed E-state index contributed by atoms with van der Waals surface area (Å²) in [4.78, 5) is 14.2. The average Bonchev–Trinajstić information content (AvgIpc) is 2.76. The van der Waals surface area contributed by atoms with Gasteiger partial charge in [0.05, 0.1) is 6.61 Å². The van der Waals surface area contributed by atoms with Crippen LogP contribution in [0, 0.1) is 0 Å². The van der Waals surface area contributed by atoms with Crippen LogP contribution in [0.1, 0.15) is 27.0 Å². The van der Waals surface area contributed by atoms with Crippen molar-refractivity contribution in [1.82, 2.24) is 4.90 Å². The van der Waals surface area contributed by atoms with Crippen LogP contribution in [-0.4, -0.2) is 15.9 Å². The van der Waals surface area contributed by atoms with Gasteiger partial charge in [-0.3, -0.25) is 4.79 Å². The second-order valence-corrected chi connectivity index (χ2v) is 5.01. The van der Waals surface area contributed by atoms with Crippen LogP contribution in [0.5, 0.6) is 0 Å². The second kappa shape index (κ2) is 4.98. The molecule has 4 nitrogen and oxygen atoms in total. The van der Waals surface area contributed by atoms with Crippen molar-refractivity contribution in [3.05, 3.63) is 64.7 Å². The highest BCUT2D eigenvalue weighted by molar-refractivity contribution is 5.99. The van der Waals surface area contributed by atoms with Crippen LogP contribution < -0.4 is 5.73 Å². The molecule has 4 heteroatoms. The minimum Gasteiger partial charge on any atom is -0.398 e. The van der Waals surface area contributed by atoms with Gasteiger partial charge in [0, 0.05) is 29.9 Å². The number of aliphatic hydroxyl groups is 1. The molecule has 0 saturated heterocycles. The summed E-state index contributed by atoms with van der Waals surface area (Å²) in [6, 6.07) is 13.4. The lowest BCUT2D eigenvalue weighted by Gasteiger charge is -2.15. The third kappa shape index (κ3) is 2.14. The van der Waals surface area contributed by atoms with E-state index in [1.54, 1.807) is 11.0 Å². The van der Waals surface area contributed by atoms with Crippen LogP contribution in [0.4, 0.5) is 5.69 Å². The van der Waals surface area contributed by atoms with E-state index in [4.69, 9.17) is 5.73 Å². The molecular weight excluding hydrogens is 252 g/mol. The van der Waals surface area contributed by atoms with Crippen molar-refractivity contribution in [1.29, 1.82) is 0 Å². The summed E-state index contributed by atoms with van der Waals surface area (Å²) in [6.07, 6.45) is 0. The van der Waals surface area contributed by atoms with Crippen molar-refractivity contribution in [3.8, 4) is 0 Å². The van der Waals surface area contributed by atoms with Crippen LogP contribution in [0.3, 0.4) is 0 Å². The van der Waals surface area contributed by atoms with E-state index in [-0.39, 0.29) is 12.5 Å². The molecule has 1 aliphatic heterocycles. The number of amides is 1. The van der Waals surface area contributed by atoms with Gasteiger partial charge in [0.25, 0.3) is 5.91 Å². The number of nitrogen functional groups attached to an aromatic ring is 1. The van der Waals surface area contributed by atoms with Gasteiger partial charge in [-0.15, -0.1) is 0 Å². The Labute approximate surface area is 117 Å². The zero-order chi connectivity index (χ0) is 14.1. The van der Waals surface area contributed by atoms with Crippen molar-refractivity contribution in [2.45, 2.75) is 19.7 Å². The molecule has 0 unspecified atom stereocenters. The minimum absolute atomic E-state index is 0.0000397. The second-order valence-electron chi connectivity index (χ2n) is 5.01. The molecule has 0 bridgehead atoms. The third-order valence-electron chi connectivity index (χ3n) is 3.63. The van der Waals surface area contributed by atoms with Gasteiger partial charge in [-0.1, -0.05) is 30.3 Å². The van der Waals surface area contributed by atoms with E-state index in [9.17, 15) is 9.90 Å². The molecular formula is C16H16N2O2. The molecule has 0 saturated carbocycles. The molecule has 1 aliphatic rings. The van der Waals surface area contributed by atoms with Crippen LogP contribution in [0.2, 0.25) is 0 Å². The number of anilines is 1. The Morgan fingerprint density at radius 1 is 1.20 bits per heavy atom. The fraction of sp³-hybridized carbons (Fsp3) is 0.188. The Hall–Kier alpha value is -2.33. The van der Waals surface area contributed by atoms with E-state index in [1.807, 2.05) is 36.4 Å². The average molecular weight is 268 g/mol. The molecule has 0 aliphatic carbocycles. The minimum atomic E-state index is -0.105. The first-order chi connectivity index (χ1) is 9.69. The lowest BCUT2D eigenvalue weighted by molar-refractivity contribution is 0.0766. The van der Waals surface area contributed by atoms with E-state index < -0.39 is 0 Å². The third-order valence-corrected chi connectivity index (χ3v) is 3.63. The van der Waals surface area contributed by atoms with Gasteiger partial charge >= 0.3 is 0 Å². The number of aliphatic hydroxyl groups excluding tert-OH is 1. The SMILES string of the molecule is Nc1cc2c(cc1CO)CN(Cc1ccccc1)C2=O. The number of fused-ring (bicyclic) bond motifs is 1. The highest BCUT2D eigenvalue weighted by Gasteiger charge is 2.28. The van der Waals surface area contributed by atoms with E-state index in [2.05, 4.69) is 0 Å². The topological polar surface area (TPSA) is 66.6 Å². The molecule has 0 fully saturated rings. The molecule has 0 spiro atoms. The van der Waals surface area contributed by atoms with Crippen LogP contribution >= 0.6 is 0 Å². The van der Waals surface area contributed by atoms with E-state index in [0.29, 0.717) is 29.9 Å². The number of carbonyl (C=O) groups is 1. The largest absolute Gasteiger partial charge is 0.398 e. The van der Waals surface area contributed by atoms with Crippen molar-refractivity contribution in [3.63, 3.8) is 0 Å². The molecule has 2 aromatic carbocycles. The fourth-order valence-electron chi connectivity index (χ4n) is 2.56. The molecule has 0 aromatic heterocycles. The summed E-state index contributed by atoms with van der Waals surface area (Å²) < 4.78 is 0. The van der Waals surface area contributed by atoms with E-state index >= 15 is 0 Å². The Bertz CT molecular complexity index is 653. The molecule has 3 rings (SSSR count). The summed E-state index contributed by atoms with van der Waals surface area (Å²) in [5.41, 5.74) is 9.67. The predicted octanol–water partition coefficient (Wildman–Crippen LogP) is 1.92. The molecule has 3 N–H and O–H groups in total. The van der Waals surface area contributed by atoms with Crippen molar-refractivity contribution < 1.29 is 9.90 Å². The molecule has 102 valence electrons. The van der Waals surface area contributed by atoms with Gasteiger partial charge in [-0.25, -0.2) is 0 Å². The Morgan fingerprint density at radius 3 is 2.65 bits per heavy atom. The lowest BCUT2D eigenvalue weighted by Crippen LogP contribution is -2.23. The lowest BCUT2D eigenvalue weighted by atomic mass is 10.0. The van der Waals surface area contributed by atoms with Crippen molar-refractivity contribution in [2.75, 3.05) is 5.73 Å². The molecule has 1 heterocycles. The summed E-state index contributed by atoms with van der Waals surface area (Å²) >= 11 is 0. The van der Waals surface area contributed by atoms with Crippen molar-refractivity contribution in [2.24, 2.45) is 0 Å². The van der Waals surface area contributed by atoms with Gasteiger partial charge < -0.3 is 15.7 Å². The Kier molecular flexibility index (Phi) is 3.16. The summed E-state index contributed by atoms with van der Waals surface area (Å²) in [6.45, 7) is 1.05. The van der Waals surface area contributed by atoms with E-state index in [1.165, 1.54) is 0 Å². The molecule has 20 heavy (non-hydrogen) atoms. The quantitative estimate of drug-likeness (QED) is 0.836. The number of hydrogen-bond acceptors (Lipinski definition) is 3. The first-order valence-corrected chi connectivity index (χ1v) is 6.54. The summed E-state index contributed by atoms with van der Waals surface area (Å²) in [5.74, 6) is 0.0000397. The van der Waals surface area contributed by atoms with Gasteiger partial charge in [0.1, 0.15) is 0 Å². The first-order valence-electron chi connectivity index (χ1n) is 6.54. The molecule has 2 aromatic rings. The van der Waals surface area contributed by atoms with Gasteiger partial charge in [-0.05, 0) is 23.3 Å². The number of benzene rings is 2. The number of rotatable bonds is 3. The number of nitrogens with zero attached hydrogens (tertiary/aromatic N) is 1. The van der Waals surface area contributed by atoms with Crippen LogP contribution in [0.15, 0.2) is 42.5 Å². The van der Waals surface area contributed by atoms with Gasteiger partial charge in [0.15, 0.2) is 0 Å². The Morgan fingerprint density at radius 2 is 1.95 bits per heavy atom. The zero-order valence-electron chi connectivity index (χ0n) is 11.0. The highest BCUT2D eigenvalue weighted by Crippen LogP contribution is 2.28. The first kappa shape index (κ1) is 12.7.